The molecule has 0 amide bonds. The Labute approximate surface area is 325 Å². The maximum Gasteiger partial charge on any atom is 0.187 e. The molecule has 19 heteroatoms. The van der Waals surface area contributed by atoms with Crippen molar-refractivity contribution in [1.29, 1.82) is 0 Å². The van der Waals surface area contributed by atoms with Crippen LogP contribution in [0.25, 0.3) is 0 Å². The van der Waals surface area contributed by atoms with E-state index in [2.05, 4.69) is 0 Å². The van der Waals surface area contributed by atoms with Crippen molar-refractivity contribution in [3.63, 3.8) is 0 Å². The van der Waals surface area contributed by atoms with Crippen LogP contribution in [-0.4, -0.2) is 221 Å². The van der Waals surface area contributed by atoms with Crippen LogP contribution in [0.2, 0.25) is 0 Å². The first kappa shape index (κ1) is 46.9. The summed E-state index contributed by atoms with van der Waals surface area (Å²) in [6, 6.07) is 0. The smallest absolute Gasteiger partial charge is 0.187 e. The van der Waals surface area contributed by atoms with Crippen molar-refractivity contribution in [3.8, 4) is 0 Å². The largest absolute Gasteiger partial charge is 0.382 e. The van der Waals surface area contributed by atoms with Gasteiger partial charge in [-0.2, -0.15) is 0 Å². The zero-order chi connectivity index (χ0) is 40.4. The summed E-state index contributed by atoms with van der Waals surface area (Å²) >= 11 is 0. The second-order valence-corrected chi connectivity index (χ2v) is 13.8. The molecule has 4 saturated heterocycles. The van der Waals surface area contributed by atoms with E-state index >= 15 is 0 Å². The molecule has 4 rings (SSSR count). The fourth-order valence-electron chi connectivity index (χ4n) is 8.19. The summed E-state index contributed by atoms with van der Waals surface area (Å²) < 4.78 is 116. The molecular formula is C36H66O19. The molecule has 0 bridgehead atoms. The monoisotopic (exact) mass is 802 g/mol. The van der Waals surface area contributed by atoms with Crippen molar-refractivity contribution >= 4 is 0 Å². The lowest BCUT2D eigenvalue weighted by molar-refractivity contribution is -0.398. The molecule has 0 aromatic rings. The molecule has 4 fully saturated rings. The standard InChI is InChI=1S/C36H66O19/c1-17-21(25(41-7)29(45-11)33(48-14)49-17)53-34-30(46-12)26(42-8)22(18(2)50-34)54-36-32(28(44-10)24(40-6)20(52-36)16-38-4)55-35-31(47-13)27(43-9)23(39-5)19(51-35)15-37-3/h17-36H,15-16H2,1-14H3/t17-,18-,19+,20+,21-,22+,23-,24+,25+,26+,27-,28-,29+,30-,31+,32+,33+,34+,35+,36+/m0/s1. The molecule has 324 valence electrons. The fraction of sp³-hybridized carbons (Fsp3) is 1.00. The van der Waals surface area contributed by atoms with E-state index in [4.69, 9.17) is 90.0 Å². The van der Waals surface area contributed by atoms with E-state index in [1.807, 2.05) is 13.8 Å². The second-order valence-electron chi connectivity index (χ2n) is 13.8. The molecular weight excluding hydrogens is 736 g/mol. The summed E-state index contributed by atoms with van der Waals surface area (Å²) in [5, 5.41) is 0. The molecule has 4 aliphatic rings. The van der Waals surface area contributed by atoms with Crippen molar-refractivity contribution < 1.29 is 90.0 Å². The van der Waals surface area contributed by atoms with E-state index < -0.39 is 123 Å². The summed E-state index contributed by atoms with van der Waals surface area (Å²) in [5.74, 6) is 0. The van der Waals surface area contributed by atoms with Crippen LogP contribution in [-0.2, 0) is 90.0 Å². The summed E-state index contributed by atoms with van der Waals surface area (Å²) in [5.41, 5.74) is 0. The van der Waals surface area contributed by atoms with Crippen LogP contribution in [0.5, 0.6) is 0 Å². The van der Waals surface area contributed by atoms with E-state index in [1.54, 1.807) is 85.3 Å². The number of ether oxygens (including phenoxy) is 19. The molecule has 0 N–H and O–H groups in total. The Balaban J connectivity index is 1.65. The van der Waals surface area contributed by atoms with Gasteiger partial charge in [-0.3, -0.25) is 0 Å². The Hall–Kier alpha value is -0.760. The summed E-state index contributed by atoms with van der Waals surface area (Å²) in [6.07, 6.45) is -14.3. The van der Waals surface area contributed by atoms with Crippen molar-refractivity contribution in [2.24, 2.45) is 0 Å². The third-order valence-electron chi connectivity index (χ3n) is 10.9. The van der Waals surface area contributed by atoms with Gasteiger partial charge in [0, 0.05) is 85.3 Å². The molecule has 20 atom stereocenters. The van der Waals surface area contributed by atoms with Crippen LogP contribution in [0.15, 0.2) is 0 Å². The molecule has 19 nitrogen and oxygen atoms in total. The Morgan fingerprint density at radius 3 is 0.945 bits per heavy atom. The van der Waals surface area contributed by atoms with Crippen molar-refractivity contribution in [1.82, 2.24) is 0 Å². The van der Waals surface area contributed by atoms with Crippen molar-refractivity contribution in [3.05, 3.63) is 0 Å². The molecule has 0 aliphatic carbocycles. The van der Waals surface area contributed by atoms with Gasteiger partial charge in [-0.05, 0) is 13.8 Å². The number of hydrogen-bond donors (Lipinski definition) is 0. The molecule has 0 saturated carbocycles. The summed E-state index contributed by atoms with van der Waals surface area (Å²) in [4.78, 5) is 0. The zero-order valence-electron chi connectivity index (χ0n) is 34.7. The molecule has 0 aromatic carbocycles. The highest BCUT2D eigenvalue weighted by Crippen LogP contribution is 2.38. The van der Waals surface area contributed by atoms with Crippen LogP contribution in [0.4, 0.5) is 0 Å². The van der Waals surface area contributed by atoms with E-state index in [-0.39, 0.29) is 13.2 Å². The van der Waals surface area contributed by atoms with Crippen LogP contribution in [0.3, 0.4) is 0 Å². The van der Waals surface area contributed by atoms with Gasteiger partial charge in [-0.25, -0.2) is 0 Å². The first-order valence-electron chi connectivity index (χ1n) is 18.4. The molecule has 55 heavy (non-hydrogen) atoms. The van der Waals surface area contributed by atoms with Gasteiger partial charge in [-0.1, -0.05) is 0 Å². The molecule has 4 aliphatic heterocycles. The third kappa shape index (κ3) is 10.2. The van der Waals surface area contributed by atoms with Crippen LogP contribution in [0.1, 0.15) is 13.8 Å². The van der Waals surface area contributed by atoms with Crippen molar-refractivity contribution in [2.75, 3.05) is 98.5 Å². The predicted molar refractivity (Wildman–Crippen MR) is 189 cm³/mol. The van der Waals surface area contributed by atoms with Gasteiger partial charge in [-0.15, -0.1) is 0 Å². The number of rotatable bonds is 20. The van der Waals surface area contributed by atoms with Gasteiger partial charge in [0.2, 0.25) is 0 Å². The Bertz CT molecular complexity index is 1080. The topological polar surface area (TPSA) is 175 Å². The first-order valence-corrected chi connectivity index (χ1v) is 18.4. The molecule has 0 aromatic heterocycles. The van der Waals surface area contributed by atoms with E-state index in [0.29, 0.717) is 0 Å². The Morgan fingerprint density at radius 2 is 0.582 bits per heavy atom. The molecule has 0 spiro atoms. The predicted octanol–water partition coefficient (Wildman–Crippen LogP) is 0.156. The van der Waals surface area contributed by atoms with E-state index in [0.717, 1.165) is 0 Å². The summed E-state index contributed by atoms with van der Waals surface area (Å²) in [7, 11) is 18.7. The maximum atomic E-state index is 6.85. The summed E-state index contributed by atoms with van der Waals surface area (Å²) in [6.45, 7) is 4.07. The van der Waals surface area contributed by atoms with Crippen LogP contribution in [0, 0.1) is 0 Å². The van der Waals surface area contributed by atoms with E-state index in [1.165, 1.54) is 0 Å². The van der Waals surface area contributed by atoms with Gasteiger partial charge in [0.25, 0.3) is 0 Å². The molecule has 0 unspecified atom stereocenters. The minimum Gasteiger partial charge on any atom is -0.382 e. The van der Waals surface area contributed by atoms with Gasteiger partial charge < -0.3 is 90.0 Å². The van der Waals surface area contributed by atoms with Gasteiger partial charge in [0.15, 0.2) is 25.2 Å². The lowest BCUT2D eigenvalue weighted by Gasteiger charge is -2.51. The van der Waals surface area contributed by atoms with Crippen LogP contribution < -0.4 is 0 Å². The quantitative estimate of drug-likeness (QED) is 0.163. The van der Waals surface area contributed by atoms with E-state index in [9.17, 15) is 0 Å². The Kier molecular flexibility index (Phi) is 19.3. The molecule has 4 heterocycles. The minimum atomic E-state index is -1.11. The number of hydrogen-bond acceptors (Lipinski definition) is 19. The second kappa shape index (κ2) is 22.6. The number of methoxy groups -OCH3 is 12. The highest BCUT2D eigenvalue weighted by Gasteiger charge is 2.57. The molecule has 0 radical (unpaired) electrons. The average Bonchev–Trinajstić information content (AvgIpc) is 3.19. The van der Waals surface area contributed by atoms with Crippen molar-refractivity contribution in [2.45, 2.75) is 137 Å². The third-order valence-corrected chi connectivity index (χ3v) is 10.9. The van der Waals surface area contributed by atoms with Gasteiger partial charge >= 0.3 is 0 Å². The van der Waals surface area contributed by atoms with Gasteiger partial charge in [0.05, 0.1) is 25.4 Å². The first-order chi connectivity index (χ1) is 26.6. The SMILES string of the molecule is COC[C@H]1O[C@H](O[C@H]2[C@@H](O[C@H]3[C@@H](OC)[C@H](OC)[C@@H](O[C@@H]4[C@@H](OC)[C@@H](OC)[C@H](OC)O[C@H]4C)O[C@H]3C)O[C@H](COC)[C@@H](OC)[C@@H]2OC)[C@H](OC)[C@@H](OC)[C@H]1OC. The fourth-order valence-corrected chi connectivity index (χ4v) is 8.19. The normalized spacial score (nSPS) is 45.5. The lowest BCUT2D eigenvalue weighted by atomic mass is 9.95. The lowest BCUT2D eigenvalue weighted by Crippen LogP contribution is -2.68. The highest BCUT2D eigenvalue weighted by molar-refractivity contribution is 4.99. The average molecular weight is 803 g/mol. The Morgan fingerprint density at radius 1 is 0.291 bits per heavy atom. The zero-order valence-corrected chi connectivity index (χ0v) is 34.7. The van der Waals surface area contributed by atoms with Crippen LogP contribution >= 0.6 is 0 Å². The highest BCUT2D eigenvalue weighted by atomic mass is 16.8. The maximum absolute atomic E-state index is 6.85. The minimum absolute atomic E-state index is 0.165. The van der Waals surface area contributed by atoms with Gasteiger partial charge in [0.1, 0.15) is 85.5 Å².